The third-order valence-corrected chi connectivity index (χ3v) is 6.07. The van der Waals surface area contributed by atoms with Crippen LogP contribution >= 0.6 is 11.6 Å². The number of hydrogen-bond donors (Lipinski definition) is 1. The van der Waals surface area contributed by atoms with E-state index in [1.165, 1.54) is 12.1 Å². The molecule has 1 aliphatic carbocycles. The number of hydrogen-bond acceptors (Lipinski definition) is 3. The summed E-state index contributed by atoms with van der Waals surface area (Å²) in [6.07, 6.45) is -0.346. The molecular weight excluding hydrogens is 445 g/mol. The minimum Gasteiger partial charge on any atom is -0.479 e. The van der Waals surface area contributed by atoms with Gasteiger partial charge in [-0.25, -0.2) is 14.0 Å². The van der Waals surface area contributed by atoms with E-state index < -0.39 is 23.9 Å². The minimum atomic E-state index is -1.56. The number of ether oxygens (including phenoxy) is 1. The number of aliphatic carboxylic acids is 1. The van der Waals surface area contributed by atoms with Gasteiger partial charge < -0.3 is 9.84 Å². The standard InChI is InChI=1S/C26H23ClFNO4/c1-2-13-29(24(25(30)31)21-14-16(27)11-12-23(21)28)26(32)33-15-22-19-9-5-3-7-17(19)18-8-4-6-10-20(18)22/h3-12,14,22,24H,2,13,15H2,1H3,(H,30,31). The fraction of sp³-hybridized carbons (Fsp3) is 0.231. The summed E-state index contributed by atoms with van der Waals surface area (Å²) in [5, 5.41) is 10.1. The molecule has 3 aromatic rings. The molecule has 7 heteroatoms. The van der Waals surface area contributed by atoms with Gasteiger partial charge in [-0.2, -0.15) is 0 Å². The van der Waals surface area contributed by atoms with Crippen molar-refractivity contribution in [1.82, 2.24) is 4.90 Å². The van der Waals surface area contributed by atoms with Crippen LogP contribution in [0.2, 0.25) is 5.02 Å². The van der Waals surface area contributed by atoms with Crippen molar-refractivity contribution in [3.8, 4) is 11.1 Å². The summed E-state index contributed by atoms with van der Waals surface area (Å²) in [5.74, 6) is -2.28. The van der Waals surface area contributed by atoms with Gasteiger partial charge in [0, 0.05) is 23.0 Å². The molecule has 0 saturated heterocycles. The van der Waals surface area contributed by atoms with Gasteiger partial charge in [0.1, 0.15) is 12.4 Å². The Balaban J connectivity index is 1.61. The lowest BCUT2D eigenvalue weighted by Gasteiger charge is -2.29. The van der Waals surface area contributed by atoms with E-state index in [9.17, 15) is 19.1 Å². The first-order valence-electron chi connectivity index (χ1n) is 10.7. The average Bonchev–Trinajstić information content (AvgIpc) is 3.13. The van der Waals surface area contributed by atoms with Crippen molar-refractivity contribution < 1.29 is 23.8 Å². The molecule has 0 spiro atoms. The molecule has 170 valence electrons. The molecule has 1 amide bonds. The summed E-state index contributed by atoms with van der Waals surface area (Å²) in [4.78, 5) is 26.3. The van der Waals surface area contributed by atoms with Crippen LogP contribution in [0.5, 0.6) is 0 Å². The molecule has 1 unspecified atom stereocenters. The summed E-state index contributed by atoms with van der Waals surface area (Å²) in [6.45, 7) is 1.92. The summed E-state index contributed by atoms with van der Waals surface area (Å²) in [5.41, 5.74) is 4.08. The smallest absolute Gasteiger partial charge is 0.410 e. The summed E-state index contributed by atoms with van der Waals surface area (Å²) >= 11 is 5.98. The predicted octanol–water partition coefficient (Wildman–Crippen LogP) is 6.27. The molecule has 0 aromatic heterocycles. The molecule has 1 N–H and O–H groups in total. The third kappa shape index (κ3) is 4.44. The molecule has 0 heterocycles. The van der Waals surface area contributed by atoms with E-state index in [-0.39, 0.29) is 29.7 Å². The topological polar surface area (TPSA) is 66.8 Å². The van der Waals surface area contributed by atoms with Crippen LogP contribution in [0.1, 0.15) is 42.0 Å². The molecule has 1 aliphatic rings. The number of carbonyl (C=O) groups excluding carboxylic acids is 1. The van der Waals surface area contributed by atoms with Gasteiger partial charge in [0.25, 0.3) is 0 Å². The van der Waals surface area contributed by atoms with Gasteiger partial charge in [-0.3, -0.25) is 4.90 Å². The zero-order valence-corrected chi connectivity index (χ0v) is 18.8. The summed E-state index contributed by atoms with van der Waals surface area (Å²) in [6, 6.07) is 18.0. The van der Waals surface area contributed by atoms with Gasteiger partial charge in [0.05, 0.1) is 0 Å². The lowest BCUT2D eigenvalue weighted by molar-refractivity contribution is -0.143. The number of benzene rings is 3. The Morgan fingerprint density at radius 1 is 1.06 bits per heavy atom. The Morgan fingerprint density at radius 2 is 1.67 bits per heavy atom. The van der Waals surface area contributed by atoms with Crippen LogP contribution in [0.3, 0.4) is 0 Å². The van der Waals surface area contributed by atoms with E-state index in [2.05, 4.69) is 0 Å². The number of carbonyl (C=O) groups is 2. The maximum Gasteiger partial charge on any atom is 0.410 e. The third-order valence-electron chi connectivity index (χ3n) is 5.83. The predicted molar refractivity (Wildman–Crippen MR) is 124 cm³/mol. The molecule has 4 rings (SSSR count). The lowest BCUT2D eigenvalue weighted by Crippen LogP contribution is -2.40. The summed E-state index contributed by atoms with van der Waals surface area (Å²) in [7, 11) is 0. The first-order chi connectivity index (χ1) is 15.9. The van der Waals surface area contributed by atoms with Crippen molar-refractivity contribution >= 4 is 23.7 Å². The van der Waals surface area contributed by atoms with Crippen molar-refractivity contribution in [3.05, 3.63) is 94.3 Å². The van der Waals surface area contributed by atoms with E-state index in [0.29, 0.717) is 6.42 Å². The second kappa shape index (κ2) is 9.63. The van der Waals surface area contributed by atoms with Gasteiger partial charge in [-0.1, -0.05) is 67.1 Å². The van der Waals surface area contributed by atoms with Crippen molar-refractivity contribution in [3.63, 3.8) is 0 Å². The minimum absolute atomic E-state index is 0.0391. The molecule has 3 aromatic carbocycles. The van der Waals surface area contributed by atoms with Crippen LogP contribution in [0.4, 0.5) is 9.18 Å². The van der Waals surface area contributed by atoms with E-state index in [4.69, 9.17) is 16.3 Å². The van der Waals surface area contributed by atoms with Crippen LogP contribution in [0.25, 0.3) is 11.1 Å². The molecule has 0 aliphatic heterocycles. The number of nitrogens with zero attached hydrogens (tertiary/aromatic N) is 1. The van der Waals surface area contributed by atoms with Gasteiger partial charge in [0.2, 0.25) is 0 Å². The molecule has 0 bridgehead atoms. The quantitative estimate of drug-likeness (QED) is 0.445. The van der Waals surface area contributed by atoms with Crippen molar-refractivity contribution in [2.45, 2.75) is 25.3 Å². The first-order valence-corrected chi connectivity index (χ1v) is 11.1. The molecular formula is C26H23ClFNO4. The highest BCUT2D eigenvalue weighted by Gasteiger charge is 2.35. The Bertz CT molecular complexity index is 1150. The van der Waals surface area contributed by atoms with Gasteiger partial charge in [-0.15, -0.1) is 0 Å². The zero-order chi connectivity index (χ0) is 23.5. The second-order valence-electron chi connectivity index (χ2n) is 7.90. The number of halogens is 2. The first kappa shape index (κ1) is 22.8. The normalized spacial score (nSPS) is 13.2. The van der Waals surface area contributed by atoms with Crippen molar-refractivity contribution in [1.29, 1.82) is 0 Å². The maximum absolute atomic E-state index is 14.5. The molecule has 0 radical (unpaired) electrons. The number of amides is 1. The molecule has 0 fully saturated rings. The van der Waals surface area contributed by atoms with E-state index in [1.54, 1.807) is 6.92 Å². The van der Waals surface area contributed by atoms with Crippen LogP contribution < -0.4 is 0 Å². The van der Waals surface area contributed by atoms with Gasteiger partial charge in [-0.05, 0) is 46.9 Å². The lowest BCUT2D eigenvalue weighted by atomic mass is 9.98. The highest BCUT2D eigenvalue weighted by molar-refractivity contribution is 6.30. The number of carboxylic acids is 1. The number of carboxylic acid groups (broad SMARTS) is 1. The number of fused-ring (bicyclic) bond motifs is 3. The van der Waals surface area contributed by atoms with Gasteiger partial charge in [0.15, 0.2) is 6.04 Å². The van der Waals surface area contributed by atoms with Crippen molar-refractivity contribution in [2.24, 2.45) is 0 Å². The fourth-order valence-corrected chi connectivity index (χ4v) is 4.58. The molecule has 1 atom stereocenters. The Hall–Kier alpha value is -3.38. The number of rotatable bonds is 7. The Labute approximate surface area is 196 Å². The second-order valence-corrected chi connectivity index (χ2v) is 8.34. The molecule has 0 saturated carbocycles. The summed E-state index contributed by atoms with van der Waals surface area (Å²) < 4.78 is 20.2. The highest BCUT2D eigenvalue weighted by Crippen LogP contribution is 2.44. The molecule has 33 heavy (non-hydrogen) atoms. The average molecular weight is 468 g/mol. The SMILES string of the molecule is CCCN(C(=O)OCC1c2ccccc2-c2ccccc21)C(C(=O)O)c1cc(Cl)ccc1F. The largest absolute Gasteiger partial charge is 0.479 e. The Morgan fingerprint density at radius 3 is 2.24 bits per heavy atom. The van der Waals surface area contributed by atoms with E-state index in [0.717, 1.165) is 33.2 Å². The monoisotopic (exact) mass is 467 g/mol. The maximum atomic E-state index is 14.5. The van der Waals surface area contributed by atoms with Crippen LogP contribution in [0, 0.1) is 5.82 Å². The zero-order valence-electron chi connectivity index (χ0n) is 18.0. The fourth-order valence-electron chi connectivity index (χ4n) is 4.40. The van der Waals surface area contributed by atoms with Crippen LogP contribution in [0.15, 0.2) is 66.7 Å². The van der Waals surface area contributed by atoms with Gasteiger partial charge >= 0.3 is 12.1 Å². The van der Waals surface area contributed by atoms with Crippen LogP contribution in [-0.2, 0) is 9.53 Å². The molecule has 5 nitrogen and oxygen atoms in total. The Kier molecular flexibility index (Phi) is 6.65. The van der Waals surface area contributed by atoms with E-state index >= 15 is 0 Å². The van der Waals surface area contributed by atoms with E-state index in [1.807, 2.05) is 48.5 Å². The van der Waals surface area contributed by atoms with Crippen molar-refractivity contribution in [2.75, 3.05) is 13.2 Å². The van der Waals surface area contributed by atoms with Crippen LogP contribution in [-0.4, -0.2) is 35.2 Å². The highest BCUT2D eigenvalue weighted by atomic mass is 35.5.